The van der Waals surface area contributed by atoms with E-state index in [1.54, 1.807) is 0 Å². The zero-order chi connectivity index (χ0) is 4.99. The lowest BCUT2D eigenvalue weighted by Gasteiger charge is -1.81. The second kappa shape index (κ2) is 2.37. The Morgan fingerprint density at radius 2 is 2.50 bits per heavy atom. The lowest BCUT2D eigenvalue weighted by atomic mass is 11.6. The van der Waals surface area contributed by atoms with Gasteiger partial charge in [0.15, 0.2) is 0 Å². The largest absolute Gasteiger partial charge is 0.297 e. The van der Waals surface area contributed by atoms with Crippen molar-refractivity contribution in [2.75, 3.05) is 6.86 Å². The minimum absolute atomic E-state index is 1.19. The van der Waals surface area contributed by atoms with Crippen LogP contribution in [0.4, 0.5) is 4.39 Å². The van der Waals surface area contributed by atoms with Gasteiger partial charge in [0.2, 0.25) is 6.86 Å². The van der Waals surface area contributed by atoms with Crippen LogP contribution in [-0.2, 0) is 4.84 Å². The van der Waals surface area contributed by atoms with Gasteiger partial charge in [-0.25, -0.2) is 4.39 Å². The molecule has 6 heavy (non-hydrogen) atoms. The van der Waals surface area contributed by atoms with Crippen molar-refractivity contribution in [1.82, 2.24) is 0 Å². The summed E-state index contributed by atoms with van der Waals surface area (Å²) in [5.74, 6) is 0. The third-order valence-corrected chi connectivity index (χ3v) is 0.154. The second-order valence-electron chi connectivity index (χ2n) is 0.462. The summed E-state index contributed by atoms with van der Waals surface area (Å²) in [4.78, 5) is 12.0. The minimum atomic E-state index is -1.37. The molecule has 36 valence electrons. The average molecular weight is 95.0 g/mol. The van der Waals surface area contributed by atoms with Crippen molar-refractivity contribution in [3.05, 3.63) is 10.1 Å². The molecule has 0 N–H and O–H groups in total. The Kier molecular flexibility index (Phi) is 2.03. The van der Waals surface area contributed by atoms with E-state index in [-0.39, 0.29) is 0 Å². The van der Waals surface area contributed by atoms with E-state index >= 15 is 0 Å². The van der Waals surface area contributed by atoms with Gasteiger partial charge in [-0.2, -0.15) is 0 Å². The maximum Gasteiger partial charge on any atom is 0.297 e. The van der Waals surface area contributed by atoms with Crippen molar-refractivity contribution < 1.29 is 14.3 Å². The molecule has 0 aromatic carbocycles. The zero-order valence-electron chi connectivity index (χ0n) is 2.76. The molecule has 0 rings (SSSR count). The van der Waals surface area contributed by atoms with Crippen LogP contribution in [0.2, 0.25) is 0 Å². The van der Waals surface area contributed by atoms with Gasteiger partial charge in [-0.3, -0.25) is 4.84 Å². The normalized spacial score (nSPS) is 7.50. The number of alkyl halides is 1. The van der Waals surface area contributed by atoms with E-state index in [0.717, 1.165) is 0 Å². The Balaban J connectivity index is 2.83. The molecule has 5 heteroatoms. The Hall–Kier alpha value is -0.870. The van der Waals surface area contributed by atoms with Crippen LogP contribution in [-0.4, -0.2) is 11.9 Å². The van der Waals surface area contributed by atoms with Crippen molar-refractivity contribution >= 4 is 0 Å². The van der Waals surface area contributed by atoms with E-state index in [2.05, 4.69) is 4.84 Å². The molecule has 0 aliphatic carbocycles. The monoisotopic (exact) mass is 95.0 g/mol. The van der Waals surface area contributed by atoms with Crippen LogP contribution in [0.15, 0.2) is 0 Å². The number of hydrogen-bond donors (Lipinski definition) is 0. The van der Waals surface area contributed by atoms with E-state index in [1.807, 2.05) is 0 Å². The summed E-state index contributed by atoms with van der Waals surface area (Å²) in [7, 11) is 0. The van der Waals surface area contributed by atoms with Crippen molar-refractivity contribution in [3.63, 3.8) is 0 Å². The van der Waals surface area contributed by atoms with Gasteiger partial charge >= 0.3 is 0 Å². The van der Waals surface area contributed by atoms with Crippen LogP contribution >= 0.6 is 0 Å². The highest BCUT2D eigenvalue weighted by atomic mass is 19.1. The van der Waals surface area contributed by atoms with Crippen LogP contribution in [0, 0.1) is 10.1 Å². The van der Waals surface area contributed by atoms with Crippen LogP contribution in [0.5, 0.6) is 0 Å². The first-order chi connectivity index (χ1) is 2.77. The smallest absolute Gasteiger partial charge is 0.280 e. The molecule has 0 atom stereocenters. The van der Waals surface area contributed by atoms with Crippen LogP contribution in [0.1, 0.15) is 0 Å². The summed E-state index contributed by atoms with van der Waals surface area (Å²) in [5, 5.41) is 7.75. The zero-order valence-corrected chi connectivity index (χ0v) is 2.76. The first-order valence-corrected chi connectivity index (χ1v) is 1.10. The third-order valence-electron chi connectivity index (χ3n) is 0.154. The maximum absolute atomic E-state index is 10.6. The molecule has 0 aliphatic heterocycles. The minimum Gasteiger partial charge on any atom is -0.280 e. The Morgan fingerprint density at radius 3 is 2.50 bits per heavy atom. The van der Waals surface area contributed by atoms with E-state index in [4.69, 9.17) is 10.1 Å². The first kappa shape index (κ1) is 5.13. The molecule has 0 fully saturated rings. The van der Waals surface area contributed by atoms with Crippen molar-refractivity contribution in [2.45, 2.75) is 0 Å². The highest BCUT2D eigenvalue weighted by Crippen LogP contribution is 1.70. The number of rotatable bonds is 2. The first-order valence-electron chi connectivity index (χ1n) is 1.10. The molecule has 0 unspecified atom stereocenters. The molecule has 0 aromatic rings. The third kappa shape index (κ3) is 3.13. The van der Waals surface area contributed by atoms with E-state index in [0.29, 0.717) is 0 Å². The van der Waals surface area contributed by atoms with Gasteiger partial charge in [-0.1, -0.05) is 0 Å². The number of halogens is 1. The van der Waals surface area contributed by atoms with Gasteiger partial charge < -0.3 is 0 Å². The lowest BCUT2D eigenvalue weighted by molar-refractivity contribution is -0.763. The van der Waals surface area contributed by atoms with Crippen molar-refractivity contribution in [3.8, 4) is 0 Å². The predicted octanol–water partition coefficient (Wildman–Crippen LogP) is 0.122. The van der Waals surface area contributed by atoms with Crippen molar-refractivity contribution in [2.24, 2.45) is 0 Å². The number of nitrogens with zero attached hydrogens (tertiary/aromatic N) is 1. The van der Waals surface area contributed by atoms with Gasteiger partial charge in [-0.15, -0.1) is 10.1 Å². The SMILES string of the molecule is O=[N+]([O-])OCF. The fraction of sp³-hybridized carbons (Fsp3) is 1.00. The van der Waals surface area contributed by atoms with Crippen LogP contribution < -0.4 is 0 Å². The molecule has 0 heterocycles. The molecule has 0 saturated heterocycles. The molecule has 0 saturated carbocycles. The molecule has 4 nitrogen and oxygen atoms in total. The summed E-state index contributed by atoms with van der Waals surface area (Å²) < 4.78 is 10.6. The molecular weight excluding hydrogens is 93.0 g/mol. The van der Waals surface area contributed by atoms with Crippen LogP contribution in [0.3, 0.4) is 0 Å². The molecule has 0 aromatic heterocycles. The summed E-state index contributed by atoms with van der Waals surface area (Å²) >= 11 is 0. The molecular formula is CH2FNO3. The van der Waals surface area contributed by atoms with E-state index in [1.165, 1.54) is 0 Å². The highest BCUT2D eigenvalue weighted by Gasteiger charge is 1.86. The van der Waals surface area contributed by atoms with Crippen molar-refractivity contribution in [1.29, 1.82) is 0 Å². The van der Waals surface area contributed by atoms with Gasteiger partial charge in [0.1, 0.15) is 0 Å². The Bertz CT molecular complexity index is 54.8. The fourth-order valence-corrected chi connectivity index (χ4v) is 0.0398. The topological polar surface area (TPSA) is 52.4 Å². The summed E-state index contributed by atoms with van der Waals surface area (Å²) in [5.41, 5.74) is 0. The maximum atomic E-state index is 10.6. The predicted molar refractivity (Wildman–Crippen MR) is 14.1 cm³/mol. The summed E-state index contributed by atoms with van der Waals surface area (Å²) in [6.45, 7) is -1.37. The lowest BCUT2D eigenvalue weighted by Crippen LogP contribution is -1.96. The molecule has 0 spiro atoms. The quantitative estimate of drug-likeness (QED) is 0.361. The molecule has 0 radical (unpaired) electrons. The summed E-state index contributed by atoms with van der Waals surface area (Å²) in [6, 6.07) is 0. The van der Waals surface area contributed by atoms with Gasteiger partial charge in [0, 0.05) is 0 Å². The van der Waals surface area contributed by atoms with Gasteiger partial charge in [0.25, 0.3) is 5.09 Å². The van der Waals surface area contributed by atoms with E-state index < -0.39 is 11.9 Å². The Morgan fingerprint density at radius 1 is 2.00 bits per heavy atom. The molecule has 0 bridgehead atoms. The standard InChI is InChI=1S/CH2FNO3/c2-1-6-3(4)5/h1H2. The number of hydrogen-bond acceptors (Lipinski definition) is 3. The van der Waals surface area contributed by atoms with Gasteiger partial charge in [0.05, 0.1) is 0 Å². The highest BCUT2D eigenvalue weighted by molar-refractivity contribution is 3.88. The average Bonchev–Trinajstić information content (AvgIpc) is 1.35. The van der Waals surface area contributed by atoms with E-state index in [9.17, 15) is 4.39 Å². The molecule has 0 amide bonds. The van der Waals surface area contributed by atoms with Gasteiger partial charge in [-0.05, 0) is 0 Å². The fourth-order valence-electron chi connectivity index (χ4n) is 0.0398. The van der Waals surface area contributed by atoms with Crippen LogP contribution in [0.25, 0.3) is 0 Å². The Labute approximate surface area is 32.6 Å². The molecule has 0 aliphatic rings. The second-order valence-corrected chi connectivity index (χ2v) is 0.462. The summed E-state index contributed by atoms with van der Waals surface area (Å²) in [6.07, 6.45) is 0.